The average Bonchev–Trinajstić information content (AvgIpc) is 3.08. The van der Waals surface area contributed by atoms with Gasteiger partial charge in [-0.2, -0.15) is 5.10 Å². The lowest BCUT2D eigenvalue weighted by Gasteiger charge is -2.34. The molecule has 0 amide bonds. The van der Waals surface area contributed by atoms with Gasteiger partial charge in [0.1, 0.15) is 33.9 Å². The van der Waals surface area contributed by atoms with Crippen molar-refractivity contribution in [1.82, 2.24) is 14.8 Å². The number of halogens is 3. The summed E-state index contributed by atoms with van der Waals surface area (Å²) in [6.07, 6.45) is 2.77. The highest BCUT2D eigenvalue weighted by Gasteiger charge is 2.42. The minimum atomic E-state index is -1.74. The van der Waals surface area contributed by atoms with Crippen molar-refractivity contribution in [3.05, 3.63) is 83.9 Å². The van der Waals surface area contributed by atoms with Crippen molar-refractivity contribution < 1.29 is 13.9 Å². The minimum absolute atomic E-state index is 0.0278. The number of alkyl halides is 1. The van der Waals surface area contributed by atoms with Gasteiger partial charge in [-0.3, -0.25) is 0 Å². The van der Waals surface area contributed by atoms with E-state index in [9.17, 15) is 13.9 Å². The molecule has 3 rings (SSSR count). The van der Waals surface area contributed by atoms with Crippen molar-refractivity contribution in [3.63, 3.8) is 0 Å². The van der Waals surface area contributed by atoms with E-state index < -0.39 is 21.3 Å². The average molecular weight is 427 g/mol. The molecule has 0 saturated carbocycles. The van der Waals surface area contributed by atoms with Crippen LogP contribution in [0.1, 0.15) is 15.2 Å². The zero-order chi connectivity index (χ0) is 16.4. The maximum absolute atomic E-state index is 14.4. The van der Waals surface area contributed by atoms with Crippen molar-refractivity contribution in [1.29, 1.82) is 0 Å². The first-order valence-electron chi connectivity index (χ1n) is 6.75. The molecule has 2 atom stereocenters. The molecular weight excluding hydrogens is 415 g/mol. The lowest BCUT2D eigenvalue weighted by atomic mass is 9.86. The molecule has 0 spiro atoms. The highest BCUT2D eigenvalue weighted by Crippen LogP contribution is 2.44. The Labute approximate surface area is 144 Å². The molecule has 23 heavy (non-hydrogen) atoms. The van der Waals surface area contributed by atoms with Crippen molar-refractivity contribution in [2.75, 3.05) is 0 Å². The summed E-state index contributed by atoms with van der Waals surface area (Å²) in [6.45, 7) is 0. The van der Waals surface area contributed by atoms with Gasteiger partial charge in [-0.25, -0.2) is 18.4 Å². The largest absolute Gasteiger partial charge is 0.377 e. The Kier molecular flexibility index (Phi) is 4.40. The van der Waals surface area contributed by atoms with Crippen LogP contribution in [0.15, 0.2) is 61.2 Å². The summed E-state index contributed by atoms with van der Waals surface area (Å²) in [5.41, 5.74) is -1.30. The van der Waals surface area contributed by atoms with E-state index in [-0.39, 0.29) is 5.56 Å². The third-order valence-electron chi connectivity index (χ3n) is 3.57. The summed E-state index contributed by atoms with van der Waals surface area (Å²) in [4.78, 5) is 3.86. The second-order valence-electron chi connectivity index (χ2n) is 4.97. The second kappa shape index (κ2) is 6.32. The van der Waals surface area contributed by atoms with Gasteiger partial charge in [-0.05, 0) is 17.7 Å². The fraction of sp³-hybridized carbons (Fsp3) is 0.125. The molecule has 0 bridgehead atoms. The van der Waals surface area contributed by atoms with Crippen molar-refractivity contribution in [2.45, 2.75) is 9.65 Å². The third kappa shape index (κ3) is 2.86. The van der Waals surface area contributed by atoms with E-state index in [1.165, 1.54) is 23.4 Å². The lowest BCUT2D eigenvalue weighted by Crippen LogP contribution is -2.36. The Morgan fingerprint density at radius 1 is 1.13 bits per heavy atom. The first-order valence-corrected chi connectivity index (χ1v) is 7.99. The van der Waals surface area contributed by atoms with Crippen LogP contribution >= 0.6 is 22.6 Å². The van der Waals surface area contributed by atoms with Crippen LogP contribution in [0.5, 0.6) is 0 Å². The van der Waals surface area contributed by atoms with Gasteiger partial charge >= 0.3 is 0 Å². The number of rotatable bonds is 4. The summed E-state index contributed by atoms with van der Waals surface area (Å²) in [6, 6.07) is 11.8. The molecule has 1 aromatic heterocycles. The molecule has 0 aliphatic rings. The van der Waals surface area contributed by atoms with Crippen LogP contribution in [0.2, 0.25) is 0 Å². The van der Waals surface area contributed by atoms with Crippen molar-refractivity contribution in [3.8, 4) is 0 Å². The molecule has 2 aromatic carbocycles. The molecule has 3 aromatic rings. The topological polar surface area (TPSA) is 50.9 Å². The zero-order valence-corrected chi connectivity index (χ0v) is 13.9. The van der Waals surface area contributed by atoms with E-state index in [1.54, 1.807) is 30.3 Å². The number of hydrogen-bond donors (Lipinski definition) is 1. The van der Waals surface area contributed by atoms with Gasteiger partial charge < -0.3 is 5.11 Å². The molecule has 118 valence electrons. The Morgan fingerprint density at radius 2 is 1.87 bits per heavy atom. The first kappa shape index (κ1) is 16.0. The molecule has 1 N–H and O–H groups in total. The third-order valence-corrected chi connectivity index (χ3v) is 5.04. The fourth-order valence-electron chi connectivity index (χ4n) is 2.44. The first-order chi connectivity index (χ1) is 11.0. The number of hydrogen-bond acceptors (Lipinski definition) is 3. The maximum Gasteiger partial charge on any atom is 0.149 e. The zero-order valence-electron chi connectivity index (χ0n) is 11.8. The van der Waals surface area contributed by atoms with Crippen LogP contribution in [0.25, 0.3) is 0 Å². The summed E-state index contributed by atoms with van der Waals surface area (Å²) in [5.74, 6) is -1.52. The van der Waals surface area contributed by atoms with Crippen LogP contribution in [0, 0.1) is 11.6 Å². The predicted molar refractivity (Wildman–Crippen MR) is 88.9 cm³/mol. The monoisotopic (exact) mass is 427 g/mol. The molecule has 0 saturated heterocycles. The number of aromatic nitrogens is 3. The molecule has 2 unspecified atom stereocenters. The summed E-state index contributed by atoms with van der Waals surface area (Å²) in [7, 11) is 0. The number of benzene rings is 2. The van der Waals surface area contributed by atoms with Gasteiger partial charge in [-0.1, -0.05) is 52.9 Å². The van der Waals surface area contributed by atoms with Gasteiger partial charge in [0.25, 0.3) is 0 Å². The molecular formula is C16H12F2IN3O. The second-order valence-corrected chi connectivity index (χ2v) is 6.15. The minimum Gasteiger partial charge on any atom is -0.377 e. The van der Waals surface area contributed by atoms with Gasteiger partial charge in [0, 0.05) is 11.6 Å². The van der Waals surface area contributed by atoms with Crippen LogP contribution in [-0.2, 0) is 5.60 Å². The van der Waals surface area contributed by atoms with E-state index in [0.717, 1.165) is 12.1 Å². The molecule has 1 heterocycles. The van der Waals surface area contributed by atoms with Gasteiger partial charge in [0.2, 0.25) is 0 Å². The molecule has 7 heteroatoms. The van der Waals surface area contributed by atoms with Crippen molar-refractivity contribution >= 4 is 22.6 Å². The van der Waals surface area contributed by atoms with E-state index in [4.69, 9.17) is 0 Å². The Hall–Kier alpha value is -1.87. The van der Waals surface area contributed by atoms with Crippen LogP contribution in [0.4, 0.5) is 8.78 Å². The van der Waals surface area contributed by atoms with E-state index in [0.29, 0.717) is 5.56 Å². The summed E-state index contributed by atoms with van der Waals surface area (Å²) in [5, 5.41) is 15.4. The van der Waals surface area contributed by atoms with Crippen LogP contribution in [-0.4, -0.2) is 19.9 Å². The van der Waals surface area contributed by atoms with Gasteiger partial charge in [-0.15, -0.1) is 0 Å². The molecule has 0 radical (unpaired) electrons. The fourth-order valence-corrected chi connectivity index (χ4v) is 3.42. The molecule has 4 nitrogen and oxygen atoms in total. The van der Waals surface area contributed by atoms with E-state index in [1.807, 2.05) is 22.6 Å². The van der Waals surface area contributed by atoms with Crippen LogP contribution in [0.3, 0.4) is 0 Å². The number of nitrogens with zero attached hydrogens (tertiary/aromatic N) is 3. The Bertz CT molecular complexity index is 798. The van der Waals surface area contributed by atoms with Crippen LogP contribution < -0.4 is 0 Å². The Morgan fingerprint density at radius 3 is 2.48 bits per heavy atom. The maximum atomic E-state index is 14.4. The molecule has 0 aliphatic carbocycles. The highest BCUT2D eigenvalue weighted by molar-refractivity contribution is 14.1. The molecule has 0 aliphatic heterocycles. The van der Waals surface area contributed by atoms with E-state index in [2.05, 4.69) is 10.1 Å². The van der Waals surface area contributed by atoms with Gasteiger partial charge in [0.05, 0.1) is 0 Å². The summed E-state index contributed by atoms with van der Waals surface area (Å²) >= 11 is 1.97. The quantitative estimate of drug-likeness (QED) is 0.513. The highest BCUT2D eigenvalue weighted by atomic mass is 127. The van der Waals surface area contributed by atoms with E-state index >= 15 is 0 Å². The van der Waals surface area contributed by atoms with Gasteiger partial charge in [0.15, 0.2) is 0 Å². The summed E-state index contributed by atoms with van der Waals surface area (Å²) < 4.78 is 28.4. The standard InChI is InChI=1S/C16H12F2IN3O/c17-12-6-7-13(14(18)8-12)16(23,11-4-2-1-3-5-11)15(19)22-10-20-9-21-22/h1-10,15,23H. The SMILES string of the molecule is OC(c1ccccc1)(c1ccc(F)cc1F)C(I)n1cncn1. The molecule has 0 fully saturated rings. The lowest BCUT2D eigenvalue weighted by molar-refractivity contribution is 0.0554. The van der Waals surface area contributed by atoms with Crippen molar-refractivity contribution in [2.24, 2.45) is 0 Å². The smallest absolute Gasteiger partial charge is 0.149 e. The predicted octanol–water partition coefficient (Wildman–Crippen LogP) is 3.43. The normalized spacial score (nSPS) is 15.1. The number of aliphatic hydroxyl groups is 1. The Balaban J connectivity index is 2.22.